The van der Waals surface area contributed by atoms with Gasteiger partial charge in [0, 0.05) is 19.0 Å². The van der Waals surface area contributed by atoms with Crippen molar-refractivity contribution in [2.45, 2.75) is 32.7 Å². The molecule has 2 atom stereocenters. The zero-order chi connectivity index (χ0) is 17.1. The highest BCUT2D eigenvalue weighted by Crippen LogP contribution is 2.22. The van der Waals surface area contributed by atoms with Gasteiger partial charge in [-0.2, -0.15) is 0 Å². The fourth-order valence-electron chi connectivity index (χ4n) is 2.93. The highest BCUT2D eigenvalue weighted by molar-refractivity contribution is 7.13. The third-order valence-electron chi connectivity index (χ3n) is 4.46. The summed E-state index contributed by atoms with van der Waals surface area (Å²) in [5.41, 5.74) is 1.74. The molecule has 1 saturated heterocycles. The molecule has 0 saturated carbocycles. The molecule has 1 aliphatic heterocycles. The van der Waals surface area contributed by atoms with E-state index in [4.69, 9.17) is 0 Å². The summed E-state index contributed by atoms with van der Waals surface area (Å²) in [6, 6.07) is 6.55. The topological polar surface area (TPSA) is 54.0 Å². The van der Waals surface area contributed by atoms with Crippen molar-refractivity contribution in [2.24, 2.45) is 5.92 Å². The van der Waals surface area contributed by atoms with Crippen LogP contribution in [0.3, 0.4) is 0 Å². The largest absolute Gasteiger partial charge is 0.347 e. The molecule has 2 aromatic rings. The molecule has 0 bridgehead atoms. The van der Waals surface area contributed by atoms with Gasteiger partial charge in [0.2, 0.25) is 0 Å². The Balaban J connectivity index is 0.00000169. The lowest BCUT2D eigenvalue weighted by atomic mass is 9.95. The number of piperidine rings is 1. The average molecular weight is 420 g/mol. The minimum atomic E-state index is -0.246. The molecule has 1 aromatic carbocycles. The molecule has 8 heteroatoms. The molecule has 3 rings (SSSR count). The van der Waals surface area contributed by atoms with Crippen LogP contribution in [0.25, 0.3) is 0 Å². The van der Waals surface area contributed by atoms with Crippen LogP contribution >= 0.6 is 36.2 Å². The van der Waals surface area contributed by atoms with Crippen LogP contribution in [0.4, 0.5) is 4.39 Å². The Morgan fingerprint density at radius 3 is 2.69 bits per heavy atom. The quantitative estimate of drug-likeness (QED) is 0.792. The molecule has 1 aliphatic rings. The number of nitrogens with zero attached hydrogens (tertiary/aromatic N) is 1. The van der Waals surface area contributed by atoms with E-state index in [0.29, 0.717) is 17.2 Å². The van der Waals surface area contributed by atoms with Crippen LogP contribution in [0, 0.1) is 18.7 Å². The number of carbonyl (C=O) groups is 1. The Morgan fingerprint density at radius 2 is 2.04 bits per heavy atom. The summed E-state index contributed by atoms with van der Waals surface area (Å²) in [5, 5.41) is 7.33. The molecule has 1 aromatic heterocycles. The smallest absolute Gasteiger partial charge is 0.263 e. The molecule has 2 unspecified atom stereocenters. The van der Waals surface area contributed by atoms with Gasteiger partial charge in [-0.3, -0.25) is 4.79 Å². The van der Waals surface area contributed by atoms with E-state index < -0.39 is 0 Å². The Kier molecular flexibility index (Phi) is 8.96. The van der Waals surface area contributed by atoms with Gasteiger partial charge in [-0.25, -0.2) is 9.37 Å². The van der Waals surface area contributed by atoms with Gasteiger partial charge in [-0.15, -0.1) is 36.2 Å². The fraction of sp³-hybridized carbons (Fsp3) is 0.444. The van der Waals surface area contributed by atoms with Crippen LogP contribution in [0.15, 0.2) is 24.3 Å². The number of aromatic nitrogens is 1. The highest BCUT2D eigenvalue weighted by atomic mass is 35.5. The lowest BCUT2D eigenvalue weighted by Gasteiger charge is -2.30. The molecule has 26 heavy (non-hydrogen) atoms. The van der Waals surface area contributed by atoms with Gasteiger partial charge in [0.15, 0.2) is 0 Å². The summed E-state index contributed by atoms with van der Waals surface area (Å²) in [7, 11) is 0. The molecule has 0 spiro atoms. The van der Waals surface area contributed by atoms with Crippen molar-refractivity contribution >= 4 is 42.1 Å². The minimum Gasteiger partial charge on any atom is -0.347 e. The second-order valence-electron chi connectivity index (χ2n) is 6.38. The van der Waals surface area contributed by atoms with E-state index in [-0.39, 0.29) is 42.6 Å². The van der Waals surface area contributed by atoms with Gasteiger partial charge in [-0.05, 0) is 43.5 Å². The first-order valence-electron chi connectivity index (χ1n) is 8.25. The lowest BCUT2D eigenvalue weighted by Crippen LogP contribution is -2.50. The number of halogens is 3. The number of amides is 1. The normalized spacial score (nSPS) is 19.2. The average Bonchev–Trinajstić information content (AvgIpc) is 2.92. The predicted molar refractivity (Wildman–Crippen MR) is 108 cm³/mol. The van der Waals surface area contributed by atoms with Crippen molar-refractivity contribution in [3.05, 3.63) is 51.2 Å². The summed E-state index contributed by atoms with van der Waals surface area (Å²) in [5.74, 6) is 0.183. The molecule has 2 N–H and O–H groups in total. The molecule has 0 radical (unpaired) electrons. The summed E-state index contributed by atoms with van der Waals surface area (Å²) < 4.78 is 13.0. The first-order chi connectivity index (χ1) is 11.5. The first-order valence-corrected chi connectivity index (χ1v) is 9.07. The van der Waals surface area contributed by atoms with Gasteiger partial charge in [0.1, 0.15) is 10.7 Å². The molecule has 0 aliphatic carbocycles. The number of hydrogen-bond acceptors (Lipinski definition) is 4. The van der Waals surface area contributed by atoms with E-state index in [1.165, 1.54) is 23.5 Å². The van der Waals surface area contributed by atoms with Gasteiger partial charge >= 0.3 is 0 Å². The Hall–Kier alpha value is -1.21. The van der Waals surface area contributed by atoms with Crippen LogP contribution in [0.2, 0.25) is 0 Å². The summed E-state index contributed by atoms with van der Waals surface area (Å²) in [4.78, 5) is 17.8. The number of thiazole rings is 1. The van der Waals surface area contributed by atoms with Crippen LogP contribution in [0.5, 0.6) is 0 Å². The highest BCUT2D eigenvalue weighted by Gasteiger charge is 2.25. The summed E-state index contributed by atoms with van der Waals surface area (Å²) in [6.07, 6.45) is 1.68. The number of nitrogens with one attached hydrogen (secondary N) is 2. The maximum absolute atomic E-state index is 13.0. The van der Waals surface area contributed by atoms with Crippen LogP contribution < -0.4 is 10.6 Å². The Morgan fingerprint density at radius 1 is 1.35 bits per heavy atom. The second-order valence-corrected chi connectivity index (χ2v) is 7.46. The van der Waals surface area contributed by atoms with Crippen LogP contribution in [-0.2, 0) is 6.42 Å². The zero-order valence-corrected chi connectivity index (χ0v) is 17.2. The monoisotopic (exact) mass is 419 g/mol. The van der Waals surface area contributed by atoms with Gasteiger partial charge in [-0.1, -0.05) is 19.1 Å². The summed E-state index contributed by atoms with van der Waals surface area (Å²) >= 11 is 1.42. The second kappa shape index (κ2) is 10.2. The molecule has 2 heterocycles. The lowest BCUT2D eigenvalue weighted by molar-refractivity contribution is 0.0918. The minimum absolute atomic E-state index is 0. The van der Waals surface area contributed by atoms with Crippen molar-refractivity contribution in [3.8, 4) is 0 Å². The first kappa shape index (κ1) is 22.8. The van der Waals surface area contributed by atoms with Gasteiger partial charge in [0.05, 0.1) is 10.7 Å². The van der Waals surface area contributed by atoms with E-state index in [0.717, 1.165) is 35.8 Å². The van der Waals surface area contributed by atoms with Crippen molar-refractivity contribution in [3.63, 3.8) is 0 Å². The third kappa shape index (κ3) is 5.64. The number of carbonyl (C=O) groups excluding carboxylic acids is 1. The van der Waals surface area contributed by atoms with E-state index in [9.17, 15) is 9.18 Å². The Labute approximate surface area is 169 Å². The number of aryl methyl sites for hydroxylation is 1. The van der Waals surface area contributed by atoms with Crippen LogP contribution in [0.1, 0.15) is 39.3 Å². The van der Waals surface area contributed by atoms with Crippen LogP contribution in [-0.4, -0.2) is 30.0 Å². The standard InChI is InChI=1S/C18H22FN3OS.2ClH/c1-11-7-8-20-10-15(11)22-18(23)17-12(2)21-16(24-17)9-13-3-5-14(19)6-4-13;;/h3-6,11,15,20H,7-10H2,1-2H3,(H,22,23);2*1H. The number of hydrogen-bond donors (Lipinski definition) is 2. The van der Waals surface area contributed by atoms with Gasteiger partial charge in [0.25, 0.3) is 5.91 Å². The molecule has 1 amide bonds. The van der Waals surface area contributed by atoms with Crippen molar-refractivity contribution in [1.29, 1.82) is 0 Å². The van der Waals surface area contributed by atoms with Gasteiger partial charge < -0.3 is 10.6 Å². The molecule has 144 valence electrons. The fourth-order valence-corrected chi connectivity index (χ4v) is 3.93. The number of rotatable bonds is 4. The predicted octanol–water partition coefficient (Wildman–Crippen LogP) is 3.75. The van der Waals surface area contributed by atoms with E-state index in [2.05, 4.69) is 22.5 Å². The third-order valence-corrected chi connectivity index (χ3v) is 5.62. The maximum Gasteiger partial charge on any atom is 0.263 e. The zero-order valence-electron chi connectivity index (χ0n) is 14.8. The van der Waals surface area contributed by atoms with Crippen molar-refractivity contribution in [1.82, 2.24) is 15.6 Å². The molecule has 4 nitrogen and oxygen atoms in total. The van der Waals surface area contributed by atoms with Crippen molar-refractivity contribution in [2.75, 3.05) is 13.1 Å². The SMILES string of the molecule is Cc1nc(Cc2ccc(F)cc2)sc1C(=O)NC1CNCCC1C.Cl.Cl. The molecular weight excluding hydrogens is 396 g/mol. The maximum atomic E-state index is 13.0. The van der Waals surface area contributed by atoms with E-state index >= 15 is 0 Å². The van der Waals surface area contributed by atoms with E-state index in [1.54, 1.807) is 12.1 Å². The number of benzene rings is 1. The van der Waals surface area contributed by atoms with E-state index in [1.807, 2.05) is 6.92 Å². The Bertz CT molecular complexity index is 724. The van der Waals surface area contributed by atoms with Crippen molar-refractivity contribution < 1.29 is 9.18 Å². The molecular formula is C18H24Cl2FN3OS. The molecule has 1 fully saturated rings. The summed E-state index contributed by atoms with van der Waals surface area (Å²) in [6.45, 7) is 5.86.